The van der Waals surface area contributed by atoms with Gasteiger partial charge in [0.1, 0.15) is 5.92 Å². The first-order valence-electron chi connectivity index (χ1n) is 6.23. The van der Waals surface area contributed by atoms with Crippen LogP contribution in [0.3, 0.4) is 0 Å². The van der Waals surface area contributed by atoms with Crippen LogP contribution in [-0.2, 0) is 20.4 Å². The van der Waals surface area contributed by atoms with Gasteiger partial charge in [-0.3, -0.25) is 24.0 Å². The number of nitrogens with zero attached hydrogens (tertiary/aromatic N) is 1. The number of urea groups is 1. The summed E-state index contributed by atoms with van der Waals surface area (Å²) in [7, 11) is -0.974. The molecular formula is C12H20N2O4S. The number of carbonyl (C=O) groups excluding carboxylic acids is 3. The third kappa shape index (κ3) is 3.62. The van der Waals surface area contributed by atoms with Gasteiger partial charge >= 0.3 is 6.03 Å². The lowest BCUT2D eigenvalue weighted by Crippen LogP contribution is -2.61. The predicted octanol–water partition coefficient (Wildman–Crippen LogP) is 0.494. The predicted molar refractivity (Wildman–Crippen MR) is 71.7 cm³/mol. The number of hydrogen-bond acceptors (Lipinski definition) is 4. The Morgan fingerprint density at radius 3 is 2.32 bits per heavy atom. The van der Waals surface area contributed by atoms with Crippen LogP contribution in [0, 0.1) is 11.8 Å². The molecule has 0 aromatic heterocycles. The summed E-state index contributed by atoms with van der Waals surface area (Å²) in [5.41, 5.74) is 0. The van der Waals surface area contributed by atoms with Crippen molar-refractivity contribution >= 4 is 28.6 Å². The summed E-state index contributed by atoms with van der Waals surface area (Å²) in [6.45, 7) is 5.25. The van der Waals surface area contributed by atoms with Crippen LogP contribution in [0.25, 0.3) is 0 Å². The molecule has 0 aromatic carbocycles. The van der Waals surface area contributed by atoms with E-state index in [1.54, 1.807) is 27.0 Å². The Balaban J connectivity index is 2.86. The van der Waals surface area contributed by atoms with Gasteiger partial charge < -0.3 is 0 Å². The minimum atomic E-state index is -0.974. The molecule has 4 amide bonds. The monoisotopic (exact) mass is 288 g/mol. The van der Waals surface area contributed by atoms with Crippen LogP contribution >= 0.6 is 0 Å². The Morgan fingerprint density at radius 1 is 1.26 bits per heavy atom. The van der Waals surface area contributed by atoms with E-state index in [4.69, 9.17) is 0 Å². The van der Waals surface area contributed by atoms with Crippen LogP contribution in [0.2, 0.25) is 0 Å². The summed E-state index contributed by atoms with van der Waals surface area (Å²) in [5, 5.41) is 2.21. The van der Waals surface area contributed by atoms with Crippen molar-refractivity contribution in [1.82, 2.24) is 10.2 Å². The highest BCUT2D eigenvalue weighted by Crippen LogP contribution is 2.21. The van der Waals surface area contributed by atoms with Crippen LogP contribution in [-0.4, -0.2) is 45.0 Å². The molecule has 0 spiro atoms. The summed E-state index contributed by atoms with van der Waals surface area (Å²) in [6, 6.07) is -1.05. The molecule has 0 aromatic rings. The Hall–Kier alpha value is -1.24. The van der Waals surface area contributed by atoms with Gasteiger partial charge in [0.05, 0.1) is 0 Å². The fourth-order valence-corrected chi connectivity index (χ4v) is 2.75. The van der Waals surface area contributed by atoms with Crippen LogP contribution in [0.4, 0.5) is 4.79 Å². The van der Waals surface area contributed by atoms with Crippen LogP contribution < -0.4 is 5.32 Å². The molecule has 6 nitrogen and oxygen atoms in total. The van der Waals surface area contributed by atoms with Gasteiger partial charge in [-0.1, -0.05) is 13.8 Å². The lowest BCUT2D eigenvalue weighted by molar-refractivity contribution is -0.145. The van der Waals surface area contributed by atoms with Crippen LogP contribution in [0.5, 0.6) is 0 Å². The first-order valence-corrected chi connectivity index (χ1v) is 7.96. The van der Waals surface area contributed by atoms with E-state index in [0.29, 0.717) is 12.2 Å². The first-order chi connectivity index (χ1) is 8.75. The van der Waals surface area contributed by atoms with Gasteiger partial charge in [-0.15, -0.1) is 0 Å². The largest absolute Gasteiger partial charge is 0.331 e. The van der Waals surface area contributed by atoms with Crippen molar-refractivity contribution in [2.45, 2.75) is 33.2 Å². The average molecular weight is 288 g/mol. The number of rotatable bonds is 5. The molecule has 1 heterocycles. The topological polar surface area (TPSA) is 83.6 Å². The van der Waals surface area contributed by atoms with Crippen LogP contribution in [0.1, 0.15) is 27.2 Å². The fourth-order valence-electron chi connectivity index (χ4n) is 2.08. The Labute approximate surface area is 115 Å². The molecule has 3 atom stereocenters. The van der Waals surface area contributed by atoms with E-state index < -0.39 is 34.6 Å². The van der Waals surface area contributed by atoms with Gasteiger partial charge in [-0.2, -0.15) is 0 Å². The van der Waals surface area contributed by atoms with E-state index in [9.17, 15) is 18.6 Å². The Morgan fingerprint density at radius 2 is 1.84 bits per heavy atom. The van der Waals surface area contributed by atoms with Crippen molar-refractivity contribution in [2.75, 3.05) is 12.0 Å². The third-order valence-electron chi connectivity index (χ3n) is 3.17. The maximum Gasteiger partial charge on any atom is 0.331 e. The molecule has 0 saturated carbocycles. The highest BCUT2D eigenvalue weighted by atomic mass is 32.2. The molecule has 3 unspecified atom stereocenters. The van der Waals surface area contributed by atoms with Gasteiger partial charge in [0, 0.05) is 28.9 Å². The molecule has 19 heavy (non-hydrogen) atoms. The van der Waals surface area contributed by atoms with E-state index in [0.717, 1.165) is 4.90 Å². The fraction of sp³-hybridized carbons (Fsp3) is 0.750. The van der Waals surface area contributed by atoms with Gasteiger partial charge in [-0.05, 0) is 19.3 Å². The molecule has 0 aliphatic carbocycles. The molecule has 108 valence electrons. The summed E-state index contributed by atoms with van der Waals surface area (Å²) >= 11 is 0. The number of hydrogen-bond donors (Lipinski definition) is 1. The number of imide groups is 2. The zero-order valence-electron chi connectivity index (χ0n) is 11.6. The highest BCUT2D eigenvalue weighted by Gasteiger charge is 2.43. The summed E-state index contributed by atoms with van der Waals surface area (Å²) in [5.74, 6) is -1.58. The van der Waals surface area contributed by atoms with Crippen molar-refractivity contribution in [3.05, 3.63) is 0 Å². The molecule has 1 aliphatic heterocycles. The molecule has 1 fully saturated rings. The lowest BCUT2D eigenvalue weighted by Gasteiger charge is -2.35. The summed E-state index contributed by atoms with van der Waals surface area (Å²) < 4.78 is 11.1. The second-order valence-electron chi connectivity index (χ2n) is 5.14. The second-order valence-corrected chi connectivity index (χ2v) is 6.69. The van der Waals surface area contributed by atoms with Crippen molar-refractivity contribution < 1.29 is 18.6 Å². The molecular weight excluding hydrogens is 268 g/mol. The molecule has 0 bridgehead atoms. The Kier molecular flexibility index (Phi) is 5.22. The second kappa shape index (κ2) is 6.27. The molecule has 0 radical (unpaired) electrons. The average Bonchev–Trinajstić information content (AvgIpc) is 2.24. The third-order valence-corrected chi connectivity index (χ3v) is 3.98. The van der Waals surface area contributed by atoms with E-state index in [1.165, 1.54) is 0 Å². The number of carbonyl (C=O) groups is 3. The van der Waals surface area contributed by atoms with E-state index in [2.05, 4.69) is 5.32 Å². The SMILES string of the molecule is CC(C)C1C(=O)NC(=O)N(C(C)CCS(C)=O)C1=O. The maximum absolute atomic E-state index is 12.2. The number of nitrogens with one attached hydrogen (secondary N) is 1. The first kappa shape index (κ1) is 15.8. The molecule has 1 N–H and O–H groups in total. The Bertz CT molecular complexity index is 422. The van der Waals surface area contributed by atoms with E-state index >= 15 is 0 Å². The van der Waals surface area contributed by atoms with E-state index in [-0.39, 0.29) is 12.0 Å². The van der Waals surface area contributed by atoms with Crippen molar-refractivity contribution in [2.24, 2.45) is 11.8 Å². The summed E-state index contributed by atoms with van der Waals surface area (Å²) in [4.78, 5) is 36.8. The normalized spacial score (nSPS) is 23.5. The van der Waals surface area contributed by atoms with Crippen molar-refractivity contribution in [3.8, 4) is 0 Å². The van der Waals surface area contributed by atoms with E-state index in [1.807, 2.05) is 0 Å². The quantitative estimate of drug-likeness (QED) is 0.746. The minimum absolute atomic E-state index is 0.171. The molecule has 1 saturated heterocycles. The smallest absolute Gasteiger partial charge is 0.277 e. The van der Waals surface area contributed by atoms with Crippen LogP contribution in [0.15, 0.2) is 0 Å². The standard InChI is InChI=1S/C12H20N2O4S/c1-7(2)9-10(15)13-12(17)14(11(9)16)8(3)5-6-19(4)18/h7-9H,5-6H2,1-4H3,(H,13,15,17). The molecule has 1 aliphatic rings. The van der Waals surface area contributed by atoms with Crippen molar-refractivity contribution in [3.63, 3.8) is 0 Å². The number of amides is 4. The van der Waals surface area contributed by atoms with Crippen molar-refractivity contribution in [1.29, 1.82) is 0 Å². The summed E-state index contributed by atoms with van der Waals surface area (Å²) in [6.07, 6.45) is 2.03. The minimum Gasteiger partial charge on any atom is -0.277 e. The lowest BCUT2D eigenvalue weighted by atomic mass is 9.91. The number of barbiturate groups is 1. The zero-order valence-corrected chi connectivity index (χ0v) is 12.5. The maximum atomic E-state index is 12.2. The molecule has 1 rings (SSSR count). The van der Waals surface area contributed by atoms with Gasteiger partial charge in [0.2, 0.25) is 11.8 Å². The highest BCUT2D eigenvalue weighted by molar-refractivity contribution is 7.84. The van der Waals surface area contributed by atoms with Gasteiger partial charge in [0.25, 0.3) is 0 Å². The zero-order chi connectivity index (χ0) is 14.7. The van der Waals surface area contributed by atoms with Gasteiger partial charge in [0.15, 0.2) is 0 Å². The van der Waals surface area contributed by atoms with Gasteiger partial charge in [-0.25, -0.2) is 4.79 Å². The molecule has 7 heteroatoms.